The standard InChI is InChI=1S/C16H16N2OS2/c17-9-2-3-11-6-7-15(21-11)16(19)18-13-4-1-5-14-12(13)8-10-20-14/h6-8,10,13H,1,4-5,9,17H2,(H,18,19). The molecule has 0 aromatic carbocycles. The number of rotatable bonds is 2. The zero-order valence-electron chi connectivity index (χ0n) is 11.5. The minimum Gasteiger partial charge on any atom is -0.344 e. The fraction of sp³-hybridized carbons (Fsp3) is 0.312. The van der Waals surface area contributed by atoms with Gasteiger partial charge in [-0.3, -0.25) is 4.79 Å². The van der Waals surface area contributed by atoms with Crippen LogP contribution in [0.5, 0.6) is 0 Å². The largest absolute Gasteiger partial charge is 0.344 e. The van der Waals surface area contributed by atoms with Gasteiger partial charge in [0.1, 0.15) is 0 Å². The van der Waals surface area contributed by atoms with Gasteiger partial charge in [-0.25, -0.2) is 0 Å². The molecule has 1 aliphatic rings. The number of nitrogens with two attached hydrogens (primary N) is 1. The Balaban J connectivity index is 1.71. The molecule has 3 nitrogen and oxygen atoms in total. The first-order valence-electron chi connectivity index (χ1n) is 6.94. The number of amides is 1. The van der Waals surface area contributed by atoms with Gasteiger partial charge in [-0.05, 0) is 48.4 Å². The van der Waals surface area contributed by atoms with E-state index in [4.69, 9.17) is 5.73 Å². The molecule has 5 heteroatoms. The van der Waals surface area contributed by atoms with Crippen molar-refractivity contribution < 1.29 is 4.79 Å². The second kappa shape index (κ2) is 6.44. The molecule has 2 heterocycles. The van der Waals surface area contributed by atoms with Gasteiger partial charge in [0.25, 0.3) is 5.91 Å². The van der Waals surface area contributed by atoms with Gasteiger partial charge in [-0.15, -0.1) is 22.7 Å². The fourth-order valence-corrected chi connectivity index (χ4v) is 4.30. The number of hydrogen-bond donors (Lipinski definition) is 2. The maximum atomic E-state index is 12.4. The highest BCUT2D eigenvalue weighted by atomic mass is 32.1. The Hall–Kier alpha value is -1.61. The SMILES string of the molecule is NCC#Cc1ccc(C(=O)NC2CCCc3sccc32)s1. The van der Waals surface area contributed by atoms with E-state index in [0.717, 1.165) is 24.1 Å². The van der Waals surface area contributed by atoms with Crippen LogP contribution in [0.2, 0.25) is 0 Å². The van der Waals surface area contributed by atoms with Crippen molar-refractivity contribution in [3.63, 3.8) is 0 Å². The Bertz CT molecular complexity index is 705. The summed E-state index contributed by atoms with van der Waals surface area (Å²) in [4.78, 5) is 15.4. The smallest absolute Gasteiger partial charge is 0.261 e. The van der Waals surface area contributed by atoms with Gasteiger partial charge in [0.05, 0.1) is 22.3 Å². The molecule has 3 N–H and O–H groups in total. The molecule has 108 valence electrons. The van der Waals surface area contributed by atoms with Gasteiger partial charge >= 0.3 is 0 Å². The van der Waals surface area contributed by atoms with Gasteiger partial charge < -0.3 is 11.1 Å². The maximum absolute atomic E-state index is 12.4. The predicted octanol–water partition coefficient (Wildman–Crippen LogP) is 2.93. The number of thiophene rings is 2. The van der Waals surface area contributed by atoms with Crippen LogP contribution in [0.1, 0.15) is 43.9 Å². The molecule has 0 spiro atoms. The molecule has 2 aromatic heterocycles. The van der Waals surface area contributed by atoms with Crippen LogP contribution < -0.4 is 11.1 Å². The van der Waals surface area contributed by atoms with E-state index in [0.29, 0.717) is 11.4 Å². The molecular weight excluding hydrogens is 300 g/mol. The summed E-state index contributed by atoms with van der Waals surface area (Å²) >= 11 is 3.20. The quantitative estimate of drug-likeness (QED) is 0.837. The summed E-state index contributed by atoms with van der Waals surface area (Å²) in [6.45, 7) is 0.336. The molecule has 0 saturated carbocycles. The zero-order valence-corrected chi connectivity index (χ0v) is 13.2. The molecule has 1 unspecified atom stereocenters. The Kier molecular flexibility index (Phi) is 4.39. The highest BCUT2D eigenvalue weighted by Gasteiger charge is 2.23. The lowest BCUT2D eigenvalue weighted by Gasteiger charge is -2.23. The first-order chi connectivity index (χ1) is 10.3. The van der Waals surface area contributed by atoms with Crippen molar-refractivity contribution in [3.05, 3.63) is 43.8 Å². The lowest BCUT2D eigenvalue weighted by Crippen LogP contribution is -2.29. The third kappa shape index (κ3) is 3.18. The van der Waals surface area contributed by atoms with Crippen molar-refractivity contribution in [2.75, 3.05) is 6.54 Å². The molecule has 21 heavy (non-hydrogen) atoms. The molecular formula is C16H16N2OS2. The first-order valence-corrected chi connectivity index (χ1v) is 8.63. The third-order valence-corrected chi connectivity index (χ3v) is 5.50. The normalized spacial score (nSPS) is 16.7. The second-order valence-electron chi connectivity index (χ2n) is 4.89. The van der Waals surface area contributed by atoms with Crippen molar-refractivity contribution in [1.29, 1.82) is 0 Å². The second-order valence-corrected chi connectivity index (χ2v) is 6.97. The van der Waals surface area contributed by atoms with E-state index in [1.165, 1.54) is 21.8 Å². The van der Waals surface area contributed by atoms with Gasteiger partial charge in [-0.1, -0.05) is 11.8 Å². The van der Waals surface area contributed by atoms with Crippen LogP contribution in [0, 0.1) is 11.8 Å². The molecule has 0 aliphatic heterocycles. The van der Waals surface area contributed by atoms with Crippen molar-refractivity contribution >= 4 is 28.6 Å². The molecule has 0 saturated heterocycles. The molecule has 1 aliphatic carbocycles. The third-order valence-electron chi connectivity index (χ3n) is 3.50. The predicted molar refractivity (Wildman–Crippen MR) is 87.7 cm³/mol. The van der Waals surface area contributed by atoms with E-state index >= 15 is 0 Å². The molecule has 1 atom stereocenters. The Morgan fingerprint density at radius 1 is 1.43 bits per heavy atom. The average Bonchev–Trinajstić information content (AvgIpc) is 3.14. The fourth-order valence-electron chi connectivity index (χ4n) is 2.53. The van der Waals surface area contributed by atoms with Crippen LogP contribution >= 0.6 is 22.7 Å². The number of nitrogens with one attached hydrogen (secondary N) is 1. The van der Waals surface area contributed by atoms with Crippen LogP contribution in [-0.4, -0.2) is 12.5 Å². The number of hydrogen-bond acceptors (Lipinski definition) is 4. The summed E-state index contributed by atoms with van der Waals surface area (Å²) in [5.74, 6) is 5.76. The van der Waals surface area contributed by atoms with Crippen molar-refractivity contribution in [2.24, 2.45) is 5.73 Å². The van der Waals surface area contributed by atoms with Crippen LogP contribution in [0.15, 0.2) is 23.6 Å². The number of carbonyl (C=O) groups is 1. The lowest BCUT2D eigenvalue weighted by atomic mass is 9.94. The van der Waals surface area contributed by atoms with Crippen LogP contribution in [0.3, 0.4) is 0 Å². The Morgan fingerprint density at radius 3 is 3.19 bits per heavy atom. The molecule has 0 fully saturated rings. The summed E-state index contributed by atoms with van der Waals surface area (Å²) in [7, 11) is 0. The van der Waals surface area contributed by atoms with Gasteiger partial charge in [0.15, 0.2) is 0 Å². The number of aryl methyl sites for hydroxylation is 1. The molecule has 2 aromatic rings. The van der Waals surface area contributed by atoms with Gasteiger partial charge in [0.2, 0.25) is 0 Å². The lowest BCUT2D eigenvalue weighted by molar-refractivity contribution is 0.0937. The summed E-state index contributed by atoms with van der Waals surface area (Å²) in [6.07, 6.45) is 3.29. The monoisotopic (exact) mass is 316 g/mol. The van der Waals surface area contributed by atoms with Gasteiger partial charge in [-0.2, -0.15) is 0 Å². The molecule has 0 radical (unpaired) electrons. The summed E-state index contributed by atoms with van der Waals surface area (Å²) in [6, 6.07) is 5.99. The van der Waals surface area contributed by atoms with E-state index in [1.807, 2.05) is 12.1 Å². The number of fused-ring (bicyclic) bond motifs is 1. The number of carbonyl (C=O) groups excluding carboxylic acids is 1. The molecule has 1 amide bonds. The van der Waals surface area contributed by atoms with E-state index in [-0.39, 0.29) is 11.9 Å². The summed E-state index contributed by atoms with van der Waals surface area (Å²) in [5, 5.41) is 5.26. The van der Waals surface area contributed by atoms with Crippen molar-refractivity contribution in [3.8, 4) is 11.8 Å². The molecule has 0 bridgehead atoms. The topological polar surface area (TPSA) is 55.1 Å². The Morgan fingerprint density at radius 2 is 2.33 bits per heavy atom. The van der Waals surface area contributed by atoms with Gasteiger partial charge in [0, 0.05) is 4.88 Å². The van der Waals surface area contributed by atoms with Crippen LogP contribution in [-0.2, 0) is 6.42 Å². The minimum absolute atomic E-state index is 0.00940. The average molecular weight is 316 g/mol. The summed E-state index contributed by atoms with van der Waals surface area (Å²) in [5.41, 5.74) is 6.65. The highest BCUT2D eigenvalue weighted by molar-refractivity contribution is 7.14. The highest BCUT2D eigenvalue weighted by Crippen LogP contribution is 2.33. The van der Waals surface area contributed by atoms with E-state index in [2.05, 4.69) is 28.6 Å². The Labute approximate surface area is 132 Å². The van der Waals surface area contributed by atoms with Crippen LogP contribution in [0.25, 0.3) is 0 Å². The minimum atomic E-state index is -0.00940. The van der Waals surface area contributed by atoms with Crippen LogP contribution in [0.4, 0.5) is 0 Å². The first kappa shape index (κ1) is 14.3. The molecule has 3 rings (SSSR count). The van der Waals surface area contributed by atoms with Crippen molar-refractivity contribution in [1.82, 2.24) is 5.32 Å². The zero-order chi connectivity index (χ0) is 14.7. The van der Waals surface area contributed by atoms with E-state index in [1.54, 1.807) is 11.3 Å². The van der Waals surface area contributed by atoms with Crippen molar-refractivity contribution in [2.45, 2.75) is 25.3 Å². The van der Waals surface area contributed by atoms with E-state index < -0.39 is 0 Å². The van der Waals surface area contributed by atoms with E-state index in [9.17, 15) is 4.79 Å². The maximum Gasteiger partial charge on any atom is 0.261 e. The summed E-state index contributed by atoms with van der Waals surface area (Å²) < 4.78 is 0.